The molecule has 3 heteroatoms. The maximum absolute atomic E-state index is 11.3. The molecule has 1 aromatic heterocycles. The number of hydrogen-bond acceptors (Lipinski definition) is 2. The maximum Gasteiger partial charge on any atom is 0.152 e. The van der Waals surface area contributed by atoms with Crippen LogP contribution in [0, 0.1) is 6.92 Å². The molecular formula is C16H21NO2. The number of rotatable bonds is 5. The van der Waals surface area contributed by atoms with Crippen LogP contribution in [-0.4, -0.2) is 17.0 Å². The fraction of sp³-hybridized carbons (Fsp3) is 0.438. The second-order valence-corrected chi connectivity index (χ2v) is 4.88. The van der Waals surface area contributed by atoms with Crippen LogP contribution in [0.5, 0.6) is 5.75 Å². The Labute approximate surface area is 114 Å². The zero-order valence-corrected chi connectivity index (χ0v) is 12.1. The highest BCUT2D eigenvalue weighted by molar-refractivity contribution is 6.00. The van der Waals surface area contributed by atoms with Crippen LogP contribution in [0.3, 0.4) is 0 Å². The monoisotopic (exact) mass is 259 g/mol. The average Bonchev–Trinajstić information content (AvgIpc) is 2.68. The van der Waals surface area contributed by atoms with Crippen molar-refractivity contribution >= 4 is 17.2 Å². The number of hydrogen-bond donors (Lipinski definition) is 0. The van der Waals surface area contributed by atoms with E-state index in [0.29, 0.717) is 0 Å². The first-order chi connectivity index (χ1) is 9.12. The molecule has 2 rings (SSSR count). The van der Waals surface area contributed by atoms with Gasteiger partial charge in [-0.05, 0) is 45.4 Å². The summed E-state index contributed by atoms with van der Waals surface area (Å²) in [5.41, 5.74) is 2.89. The summed E-state index contributed by atoms with van der Waals surface area (Å²) in [4.78, 5) is 11.3. The molecule has 0 amide bonds. The van der Waals surface area contributed by atoms with Gasteiger partial charge in [0.1, 0.15) is 5.75 Å². The highest BCUT2D eigenvalue weighted by Crippen LogP contribution is 2.28. The largest absolute Gasteiger partial charge is 0.491 e. The van der Waals surface area contributed by atoms with Gasteiger partial charge in [-0.15, -0.1) is 0 Å². The molecule has 0 aliphatic carbocycles. The molecule has 0 saturated heterocycles. The fourth-order valence-electron chi connectivity index (χ4n) is 2.43. The van der Waals surface area contributed by atoms with Gasteiger partial charge >= 0.3 is 0 Å². The van der Waals surface area contributed by atoms with Crippen molar-refractivity contribution in [2.45, 2.75) is 46.8 Å². The molecule has 0 aliphatic rings. The Morgan fingerprint density at radius 1 is 1.37 bits per heavy atom. The molecule has 0 bridgehead atoms. The van der Waals surface area contributed by atoms with Gasteiger partial charge in [0.2, 0.25) is 0 Å². The highest BCUT2D eigenvalue weighted by atomic mass is 16.5. The molecule has 0 saturated carbocycles. The van der Waals surface area contributed by atoms with Gasteiger partial charge in [-0.25, -0.2) is 0 Å². The van der Waals surface area contributed by atoms with Crippen LogP contribution in [0.15, 0.2) is 18.2 Å². The van der Waals surface area contributed by atoms with E-state index in [1.165, 1.54) is 0 Å². The smallest absolute Gasteiger partial charge is 0.152 e. The van der Waals surface area contributed by atoms with Crippen LogP contribution in [-0.2, 0) is 6.54 Å². The predicted octanol–water partition coefficient (Wildman–Crippen LogP) is 3.96. The summed E-state index contributed by atoms with van der Waals surface area (Å²) < 4.78 is 7.99. The molecule has 0 N–H and O–H groups in total. The van der Waals surface area contributed by atoms with E-state index in [9.17, 15) is 4.79 Å². The van der Waals surface area contributed by atoms with Crippen molar-refractivity contribution in [3.8, 4) is 5.75 Å². The minimum atomic E-state index is 0.187. The Bertz CT molecular complexity index is 598. The SMILES string of the molecule is CCC(C)Oc1ccc2c(c1)c(C=O)c(C)n2CC. The third-order valence-corrected chi connectivity index (χ3v) is 3.69. The first kappa shape index (κ1) is 13.7. The molecule has 1 unspecified atom stereocenters. The lowest BCUT2D eigenvalue weighted by Crippen LogP contribution is -2.09. The molecule has 0 radical (unpaired) electrons. The number of carbonyl (C=O) groups excluding carboxylic acids is 1. The molecule has 0 aliphatic heterocycles. The van der Waals surface area contributed by atoms with Crippen LogP contribution < -0.4 is 4.74 Å². The van der Waals surface area contributed by atoms with Gasteiger partial charge < -0.3 is 9.30 Å². The summed E-state index contributed by atoms with van der Waals surface area (Å²) in [5.74, 6) is 0.832. The van der Waals surface area contributed by atoms with Crippen molar-refractivity contribution in [2.75, 3.05) is 0 Å². The van der Waals surface area contributed by atoms with E-state index in [1.54, 1.807) is 0 Å². The van der Waals surface area contributed by atoms with E-state index in [2.05, 4.69) is 18.4 Å². The second kappa shape index (κ2) is 5.47. The number of fused-ring (bicyclic) bond motifs is 1. The topological polar surface area (TPSA) is 31.2 Å². The van der Waals surface area contributed by atoms with Crippen LogP contribution in [0.4, 0.5) is 0 Å². The molecule has 2 aromatic rings. The average molecular weight is 259 g/mol. The highest BCUT2D eigenvalue weighted by Gasteiger charge is 2.13. The summed E-state index contributed by atoms with van der Waals surface area (Å²) in [6.07, 6.45) is 2.09. The Kier molecular flexibility index (Phi) is 3.93. The number of aldehydes is 1. The minimum absolute atomic E-state index is 0.187. The number of aromatic nitrogens is 1. The van der Waals surface area contributed by atoms with Crippen LogP contribution in [0.1, 0.15) is 43.2 Å². The lowest BCUT2D eigenvalue weighted by molar-refractivity contribution is 0.112. The number of ether oxygens (including phenoxy) is 1. The molecule has 3 nitrogen and oxygen atoms in total. The van der Waals surface area contributed by atoms with Crippen LogP contribution in [0.2, 0.25) is 0 Å². The minimum Gasteiger partial charge on any atom is -0.491 e. The molecule has 19 heavy (non-hydrogen) atoms. The summed E-state index contributed by atoms with van der Waals surface area (Å²) in [6, 6.07) is 6.00. The lowest BCUT2D eigenvalue weighted by Gasteiger charge is -2.12. The molecule has 0 fully saturated rings. The Morgan fingerprint density at radius 3 is 2.68 bits per heavy atom. The van der Waals surface area contributed by atoms with Gasteiger partial charge in [-0.2, -0.15) is 0 Å². The fourth-order valence-corrected chi connectivity index (χ4v) is 2.43. The van der Waals surface area contributed by atoms with Crippen molar-refractivity contribution in [1.82, 2.24) is 4.57 Å². The maximum atomic E-state index is 11.3. The molecular weight excluding hydrogens is 238 g/mol. The molecule has 1 aromatic carbocycles. The van der Waals surface area contributed by atoms with Gasteiger partial charge in [0.15, 0.2) is 6.29 Å². The summed E-state index contributed by atoms with van der Waals surface area (Å²) in [7, 11) is 0. The standard InChI is InChI=1S/C16H21NO2/c1-5-11(3)19-13-7-8-16-14(9-13)15(10-18)12(4)17(16)6-2/h7-11H,5-6H2,1-4H3. The number of nitrogens with zero attached hydrogens (tertiary/aromatic N) is 1. The predicted molar refractivity (Wildman–Crippen MR) is 78.1 cm³/mol. The van der Waals surface area contributed by atoms with Crippen molar-refractivity contribution in [2.24, 2.45) is 0 Å². The van der Waals surface area contributed by atoms with Gasteiger partial charge in [0.05, 0.1) is 6.10 Å². The van der Waals surface area contributed by atoms with E-state index in [4.69, 9.17) is 4.74 Å². The van der Waals surface area contributed by atoms with Crippen molar-refractivity contribution in [3.63, 3.8) is 0 Å². The van der Waals surface area contributed by atoms with E-state index in [0.717, 1.165) is 47.2 Å². The van der Waals surface area contributed by atoms with Gasteiger partial charge in [-0.1, -0.05) is 6.92 Å². The van der Waals surface area contributed by atoms with Crippen LogP contribution >= 0.6 is 0 Å². The van der Waals surface area contributed by atoms with Crippen molar-refractivity contribution in [1.29, 1.82) is 0 Å². The summed E-state index contributed by atoms with van der Waals surface area (Å²) in [5, 5.41) is 0.982. The molecule has 102 valence electrons. The van der Waals surface area contributed by atoms with Gasteiger partial charge in [0.25, 0.3) is 0 Å². The van der Waals surface area contributed by atoms with E-state index in [-0.39, 0.29) is 6.10 Å². The van der Waals surface area contributed by atoms with Crippen LogP contribution in [0.25, 0.3) is 10.9 Å². The number of aryl methyl sites for hydroxylation is 1. The van der Waals surface area contributed by atoms with E-state index < -0.39 is 0 Å². The zero-order chi connectivity index (χ0) is 14.0. The van der Waals surface area contributed by atoms with Crippen molar-refractivity contribution in [3.05, 3.63) is 29.5 Å². The van der Waals surface area contributed by atoms with Gasteiger partial charge in [-0.3, -0.25) is 4.79 Å². The van der Waals surface area contributed by atoms with E-state index in [1.807, 2.05) is 32.0 Å². The molecule has 1 atom stereocenters. The molecule has 0 spiro atoms. The molecule has 1 heterocycles. The Hall–Kier alpha value is -1.77. The normalized spacial score (nSPS) is 12.6. The van der Waals surface area contributed by atoms with Gasteiger partial charge in [0, 0.05) is 28.7 Å². The first-order valence-electron chi connectivity index (χ1n) is 6.87. The number of carbonyl (C=O) groups is 1. The van der Waals surface area contributed by atoms with E-state index >= 15 is 0 Å². The Balaban J connectivity index is 2.55. The second-order valence-electron chi connectivity index (χ2n) is 4.88. The quantitative estimate of drug-likeness (QED) is 0.761. The first-order valence-corrected chi connectivity index (χ1v) is 6.87. The zero-order valence-electron chi connectivity index (χ0n) is 12.1. The number of benzene rings is 1. The lowest BCUT2D eigenvalue weighted by atomic mass is 10.1. The summed E-state index contributed by atoms with van der Waals surface area (Å²) in [6.45, 7) is 9.08. The Morgan fingerprint density at radius 2 is 2.11 bits per heavy atom. The summed E-state index contributed by atoms with van der Waals surface area (Å²) >= 11 is 0. The third-order valence-electron chi connectivity index (χ3n) is 3.69. The third kappa shape index (κ3) is 2.37. The van der Waals surface area contributed by atoms with Crippen molar-refractivity contribution < 1.29 is 9.53 Å².